The molecule has 168 valence electrons. The molecule has 1 fully saturated rings. The van der Waals surface area contributed by atoms with Crippen LogP contribution in [0, 0.1) is 0 Å². The van der Waals surface area contributed by atoms with Gasteiger partial charge in [0, 0.05) is 24.5 Å². The Morgan fingerprint density at radius 3 is 2.45 bits per heavy atom. The van der Waals surface area contributed by atoms with Crippen LogP contribution in [0.1, 0.15) is 41.6 Å². The molecule has 0 aromatic heterocycles. The molecule has 1 aliphatic heterocycles. The first-order valence-electron chi connectivity index (χ1n) is 10.6. The fraction of sp³-hybridized carbons (Fsp3) is 0.435. The number of hydrogen-bond acceptors (Lipinski definition) is 5. The minimum Gasteiger partial charge on any atom is -0.375 e. The smallest absolute Gasteiger partial charge is 0.255 e. The molecule has 1 heterocycles. The molecule has 0 unspecified atom stereocenters. The zero-order valence-corrected chi connectivity index (χ0v) is 19.5. The van der Waals surface area contributed by atoms with Crippen molar-refractivity contribution in [3.05, 3.63) is 59.7 Å². The molecule has 0 aliphatic carbocycles. The molecule has 1 amide bonds. The van der Waals surface area contributed by atoms with Crippen molar-refractivity contribution in [2.24, 2.45) is 0 Å². The molecular formula is C23H30N2O4S2. The van der Waals surface area contributed by atoms with Crippen LogP contribution in [0.4, 0.5) is 0 Å². The first kappa shape index (κ1) is 23.8. The molecule has 6 nitrogen and oxygen atoms in total. The van der Waals surface area contributed by atoms with Gasteiger partial charge in [0.15, 0.2) is 0 Å². The summed E-state index contributed by atoms with van der Waals surface area (Å²) < 4.78 is 33.7. The number of nitrogens with one attached hydrogen (secondary N) is 1. The predicted octanol–water partition coefficient (Wildman–Crippen LogP) is 3.92. The highest BCUT2D eigenvalue weighted by Crippen LogP contribution is 2.26. The number of nitrogens with zero attached hydrogens (tertiary/aromatic N) is 1. The number of carbonyl (C=O) groups is 1. The number of thioether (sulfide) groups is 1. The summed E-state index contributed by atoms with van der Waals surface area (Å²) in [6.07, 6.45) is 6.13. The average Bonchev–Trinajstić information content (AvgIpc) is 3.08. The van der Waals surface area contributed by atoms with E-state index in [1.807, 2.05) is 41.5 Å². The highest BCUT2D eigenvalue weighted by molar-refractivity contribution is 7.98. The van der Waals surface area contributed by atoms with E-state index in [0.717, 1.165) is 49.2 Å². The lowest BCUT2D eigenvalue weighted by molar-refractivity contribution is 0.0758. The van der Waals surface area contributed by atoms with Gasteiger partial charge in [-0.1, -0.05) is 43.2 Å². The van der Waals surface area contributed by atoms with E-state index in [2.05, 4.69) is 4.72 Å². The summed E-state index contributed by atoms with van der Waals surface area (Å²) in [6, 6.07) is 14.5. The van der Waals surface area contributed by atoms with Crippen LogP contribution in [-0.4, -0.2) is 51.7 Å². The molecule has 1 aliphatic rings. The maximum absolute atomic E-state index is 13.1. The zero-order valence-electron chi connectivity index (χ0n) is 17.9. The van der Waals surface area contributed by atoms with Crippen LogP contribution in [0.5, 0.6) is 0 Å². The highest BCUT2D eigenvalue weighted by Gasteiger charge is 2.23. The summed E-state index contributed by atoms with van der Waals surface area (Å²) in [5.41, 5.74) is 1.49. The number of sulfonamides is 1. The number of carbonyl (C=O) groups excluding carboxylic acids is 1. The van der Waals surface area contributed by atoms with Crippen LogP contribution in [0.15, 0.2) is 58.3 Å². The fourth-order valence-electron chi connectivity index (χ4n) is 3.56. The quantitative estimate of drug-likeness (QED) is 0.452. The van der Waals surface area contributed by atoms with E-state index < -0.39 is 10.0 Å². The van der Waals surface area contributed by atoms with Gasteiger partial charge in [-0.15, -0.1) is 11.8 Å². The van der Waals surface area contributed by atoms with Gasteiger partial charge in [-0.25, -0.2) is 13.1 Å². The summed E-state index contributed by atoms with van der Waals surface area (Å²) in [4.78, 5) is 15.9. The van der Waals surface area contributed by atoms with Crippen LogP contribution < -0.4 is 4.72 Å². The van der Waals surface area contributed by atoms with Gasteiger partial charge < -0.3 is 9.64 Å². The maximum Gasteiger partial charge on any atom is 0.255 e. The van der Waals surface area contributed by atoms with E-state index in [9.17, 15) is 13.2 Å². The van der Waals surface area contributed by atoms with E-state index >= 15 is 0 Å². The standard InChI is InChI=1S/C23H30N2O4S2/c1-30-22-12-11-20(17-21(22)23(26)25-14-7-2-3-8-15-25)31(27,28)24-13-16-29-18-19-9-5-4-6-10-19/h4-6,9-12,17,24H,2-3,7-8,13-16,18H2,1H3. The molecule has 3 rings (SSSR count). The fourth-order valence-corrected chi connectivity index (χ4v) is 5.17. The molecule has 0 atom stereocenters. The van der Waals surface area contributed by atoms with Gasteiger partial charge in [0.05, 0.1) is 23.7 Å². The largest absolute Gasteiger partial charge is 0.375 e. The Morgan fingerprint density at radius 1 is 1.06 bits per heavy atom. The summed E-state index contributed by atoms with van der Waals surface area (Å²) in [6.45, 7) is 2.30. The van der Waals surface area contributed by atoms with Crippen molar-refractivity contribution < 1.29 is 17.9 Å². The number of rotatable bonds is 9. The van der Waals surface area contributed by atoms with E-state index in [0.29, 0.717) is 12.2 Å². The molecule has 31 heavy (non-hydrogen) atoms. The van der Waals surface area contributed by atoms with Crippen molar-refractivity contribution in [1.29, 1.82) is 0 Å². The predicted molar refractivity (Wildman–Crippen MR) is 124 cm³/mol. The number of likely N-dealkylation sites (tertiary alicyclic amines) is 1. The molecule has 2 aromatic rings. The number of hydrogen-bond donors (Lipinski definition) is 1. The van der Waals surface area contributed by atoms with Gasteiger partial charge in [0.1, 0.15) is 0 Å². The van der Waals surface area contributed by atoms with Crippen molar-refractivity contribution in [3.8, 4) is 0 Å². The molecule has 8 heteroatoms. The second-order valence-corrected chi connectivity index (χ2v) is 10.1. The number of amides is 1. The van der Waals surface area contributed by atoms with Crippen molar-refractivity contribution in [2.75, 3.05) is 32.5 Å². The van der Waals surface area contributed by atoms with Gasteiger partial charge in [-0.05, 0) is 42.9 Å². The van der Waals surface area contributed by atoms with Gasteiger partial charge in [-0.3, -0.25) is 4.79 Å². The lowest BCUT2D eigenvalue weighted by Crippen LogP contribution is -2.32. The molecule has 2 aromatic carbocycles. The first-order valence-corrected chi connectivity index (χ1v) is 13.3. The van der Waals surface area contributed by atoms with Crippen molar-refractivity contribution in [3.63, 3.8) is 0 Å². The third-order valence-electron chi connectivity index (χ3n) is 5.25. The minimum absolute atomic E-state index is 0.0884. The molecule has 1 N–H and O–H groups in total. The summed E-state index contributed by atoms with van der Waals surface area (Å²) >= 11 is 1.45. The first-order chi connectivity index (χ1) is 15.0. The molecular weight excluding hydrogens is 432 g/mol. The third kappa shape index (κ3) is 6.80. The topological polar surface area (TPSA) is 75.7 Å². The Bertz CT molecular complexity index is 957. The summed E-state index contributed by atoms with van der Waals surface area (Å²) in [5, 5.41) is 0. The van der Waals surface area contributed by atoms with Crippen LogP contribution >= 0.6 is 11.8 Å². The van der Waals surface area contributed by atoms with Crippen molar-refractivity contribution in [2.45, 2.75) is 42.1 Å². The summed E-state index contributed by atoms with van der Waals surface area (Å²) in [7, 11) is -3.73. The molecule has 0 saturated carbocycles. The number of ether oxygens (including phenoxy) is 1. The Morgan fingerprint density at radius 2 is 1.77 bits per heavy atom. The van der Waals surface area contributed by atoms with Gasteiger partial charge >= 0.3 is 0 Å². The van der Waals surface area contributed by atoms with Crippen LogP contribution in [0.3, 0.4) is 0 Å². The van der Waals surface area contributed by atoms with Crippen LogP contribution in [0.25, 0.3) is 0 Å². The van der Waals surface area contributed by atoms with Crippen molar-refractivity contribution in [1.82, 2.24) is 9.62 Å². The monoisotopic (exact) mass is 462 g/mol. The van der Waals surface area contributed by atoms with E-state index in [1.54, 1.807) is 12.1 Å². The zero-order chi connectivity index (χ0) is 22.1. The van der Waals surface area contributed by atoms with Gasteiger partial charge in [-0.2, -0.15) is 0 Å². The second kappa shape index (κ2) is 11.7. The molecule has 0 spiro atoms. The summed E-state index contributed by atoms with van der Waals surface area (Å²) in [5.74, 6) is -0.0884. The normalized spacial score (nSPS) is 14.9. The lowest BCUT2D eigenvalue weighted by atomic mass is 10.2. The van der Waals surface area contributed by atoms with Gasteiger partial charge in [0.25, 0.3) is 5.91 Å². The molecule has 0 bridgehead atoms. The van der Waals surface area contributed by atoms with Crippen LogP contribution in [0.2, 0.25) is 0 Å². The maximum atomic E-state index is 13.1. The third-order valence-corrected chi connectivity index (χ3v) is 7.51. The average molecular weight is 463 g/mol. The van der Waals surface area contributed by atoms with Crippen LogP contribution in [-0.2, 0) is 21.4 Å². The Kier molecular flexibility index (Phi) is 8.95. The van der Waals surface area contributed by atoms with E-state index in [1.165, 1.54) is 17.8 Å². The highest BCUT2D eigenvalue weighted by atomic mass is 32.2. The van der Waals surface area contributed by atoms with Crippen molar-refractivity contribution >= 4 is 27.7 Å². The molecule has 1 saturated heterocycles. The lowest BCUT2D eigenvalue weighted by Gasteiger charge is -2.22. The minimum atomic E-state index is -3.73. The van der Waals surface area contributed by atoms with Gasteiger partial charge in [0.2, 0.25) is 10.0 Å². The van der Waals surface area contributed by atoms with E-state index in [-0.39, 0.29) is 24.0 Å². The second-order valence-electron chi connectivity index (χ2n) is 7.50. The Balaban J connectivity index is 1.63. The number of benzene rings is 2. The molecule has 0 radical (unpaired) electrons. The Hall–Kier alpha value is -1.87. The Labute approximate surface area is 189 Å². The van der Waals surface area contributed by atoms with E-state index in [4.69, 9.17) is 4.74 Å². The SMILES string of the molecule is CSc1ccc(S(=O)(=O)NCCOCc2ccccc2)cc1C(=O)N1CCCCCC1.